The van der Waals surface area contributed by atoms with Crippen LogP contribution in [0.5, 0.6) is 0 Å². The van der Waals surface area contributed by atoms with E-state index in [9.17, 15) is 0 Å². The van der Waals surface area contributed by atoms with Gasteiger partial charge in [0.05, 0.1) is 22.1 Å². The van der Waals surface area contributed by atoms with E-state index in [4.69, 9.17) is 0 Å². The molecule has 2 heterocycles. The average molecular weight is 457 g/mol. The number of hydrogen-bond acceptors (Lipinski definition) is 0. The maximum absolute atomic E-state index is 4.42. The van der Waals surface area contributed by atoms with Crippen LogP contribution in [0, 0.1) is 6.92 Å². The summed E-state index contributed by atoms with van der Waals surface area (Å²) in [5.41, 5.74) is 6.90. The molecule has 0 saturated heterocycles. The topological polar surface area (TPSA) is 9.86 Å². The number of aryl methyl sites for hydroxylation is 1. The highest BCUT2D eigenvalue weighted by molar-refractivity contribution is 6.14. The van der Waals surface area contributed by atoms with Crippen molar-refractivity contribution in [2.45, 2.75) is 32.7 Å². The van der Waals surface area contributed by atoms with Crippen molar-refractivity contribution in [2.24, 2.45) is 0 Å². The molecule has 0 aliphatic heterocycles. The Kier molecular flexibility index (Phi) is 5.82. The van der Waals surface area contributed by atoms with Crippen LogP contribution < -0.4 is 0 Å². The molecule has 5 rings (SSSR count). The fraction of sp³-hybridized carbons (Fsp3) is 0.152. The molecule has 0 unspecified atom stereocenters. The van der Waals surface area contributed by atoms with E-state index >= 15 is 0 Å². The Morgan fingerprint density at radius 1 is 0.971 bits per heavy atom. The van der Waals surface area contributed by atoms with E-state index in [1.165, 1.54) is 44.0 Å². The number of fused-ring (bicyclic) bond motifs is 4. The van der Waals surface area contributed by atoms with Crippen LogP contribution in [-0.4, -0.2) is 9.13 Å². The van der Waals surface area contributed by atoms with Crippen molar-refractivity contribution in [3.05, 3.63) is 122 Å². The van der Waals surface area contributed by atoms with Gasteiger partial charge in [-0.2, -0.15) is 0 Å². The number of rotatable bonds is 6. The molecule has 2 aromatic carbocycles. The summed E-state index contributed by atoms with van der Waals surface area (Å²) in [6.07, 6.45) is 24.1. The zero-order valence-corrected chi connectivity index (χ0v) is 20.8. The summed E-state index contributed by atoms with van der Waals surface area (Å²) in [4.78, 5) is 0. The van der Waals surface area contributed by atoms with E-state index in [1.807, 2.05) is 37.3 Å². The molecule has 35 heavy (non-hydrogen) atoms. The second kappa shape index (κ2) is 8.96. The predicted molar refractivity (Wildman–Crippen MR) is 155 cm³/mol. The van der Waals surface area contributed by atoms with E-state index < -0.39 is 0 Å². The fourth-order valence-corrected chi connectivity index (χ4v) is 5.38. The number of para-hydroxylation sites is 1. The lowest BCUT2D eigenvalue weighted by Crippen LogP contribution is -2.29. The molecule has 1 aliphatic rings. The molecule has 1 aliphatic carbocycles. The van der Waals surface area contributed by atoms with Crippen LogP contribution in [0.4, 0.5) is 0 Å². The molecule has 0 fully saturated rings. The van der Waals surface area contributed by atoms with Crippen molar-refractivity contribution in [3.63, 3.8) is 0 Å². The molecule has 0 bridgehead atoms. The molecule has 1 atom stereocenters. The van der Waals surface area contributed by atoms with Gasteiger partial charge in [0.1, 0.15) is 0 Å². The van der Waals surface area contributed by atoms with Gasteiger partial charge in [-0.3, -0.25) is 0 Å². The molecule has 0 saturated carbocycles. The van der Waals surface area contributed by atoms with Gasteiger partial charge >= 0.3 is 0 Å². The number of allylic oxidation sites excluding steroid dienone is 11. The van der Waals surface area contributed by atoms with Crippen LogP contribution in [0.3, 0.4) is 0 Å². The molecule has 0 spiro atoms. The zero-order valence-electron chi connectivity index (χ0n) is 20.8. The van der Waals surface area contributed by atoms with Gasteiger partial charge in [-0.1, -0.05) is 86.0 Å². The molecule has 4 aromatic rings. The third-order valence-electron chi connectivity index (χ3n) is 7.07. The first-order valence-corrected chi connectivity index (χ1v) is 12.2. The Hall–Kier alpha value is -4.04. The monoisotopic (exact) mass is 456 g/mol. The molecular weight excluding hydrogens is 424 g/mol. The highest BCUT2D eigenvalue weighted by atomic mass is 15.1. The first kappa shape index (κ1) is 22.7. The Balaban J connectivity index is 1.89. The van der Waals surface area contributed by atoms with Gasteiger partial charge in [0, 0.05) is 27.5 Å². The maximum Gasteiger partial charge on any atom is 0.0643 e. The molecular formula is C33H32N2. The molecule has 2 heteroatoms. The van der Waals surface area contributed by atoms with Crippen molar-refractivity contribution in [3.8, 4) is 0 Å². The van der Waals surface area contributed by atoms with Crippen molar-refractivity contribution in [2.75, 3.05) is 0 Å². The molecule has 2 aromatic heterocycles. The second-order valence-corrected chi connectivity index (χ2v) is 9.40. The predicted octanol–water partition coefficient (Wildman–Crippen LogP) is 9.09. The molecule has 2 nitrogen and oxygen atoms in total. The van der Waals surface area contributed by atoms with Gasteiger partial charge in [0.2, 0.25) is 0 Å². The highest BCUT2D eigenvalue weighted by Gasteiger charge is 2.29. The van der Waals surface area contributed by atoms with Gasteiger partial charge in [0.25, 0.3) is 0 Å². The molecule has 0 radical (unpaired) electrons. The van der Waals surface area contributed by atoms with Crippen LogP contribution in [0.2, 0.25) is 0 Å². The van der Waals surface area contributed by atoms with Crippen molar-refractivity contribution < 1.29 is 0 Å². The number of hydrogen-bond donors (Lipinski definition) is 0. The van der Waals surface area contributed by atoms with Crippen molar-refractivity contribution in [1.29, 1.82) is 0 Å². The lowest BCUT2D eigenvalue weighted by atomic mass is 9.92. The third-order valence-corrected chi connectivity index (χ3v) is 7.07. The van der Waals surface area contributed by atoms with E-state index in [0.717, 1.165) is 12.1 Å². The van der Waals surface area contributed by atoms with Crippen molar-refractivity contribution >= 4 is 44.5 Å². The van der Waals surface area contributed by atoms with E-state index in [2.05, 4.69) is 109 Å². The van der Waals surface area contributed by atoms with Gasteiger partial charge in [-0.05, 0) is 63.1 Å². The van der Waals surface area contributed by atoms with Crippen LogP contribution in [0.15, 0.2) is 110 Å². The minimum absolute atomic E-state index is 0.146. The molecule has 174 valence electrons. The van der Waals surface area contributed by atoms with Crippen LogP contribution in [0.1, 0.15) is 31.5 Å². The fourth-order valence-electron chi connectivity index (χ4n) is 5.38. The first-order chi connectivity index (χ1) is 17.0. The van der Waals surface area contributed by atoms with Gasteiger partial charge < -0.3 is 9.13 Å². The summed E-state index contributed by atoms with van der Waals surface area (Å²) in [5.74, 6) is 0. The highest BCUT2D eigenvalue weighted by Crippen LogP contribution is 2.41. The molecule has 0 N–H and O–H groups in total. The summed E-state index contributed by atoms with van der Waals surface area (Å²) in [7, 11) is 0. The van der Waals surface area contributed by atoms with E-state index in [-0.39, 0.29) is 5.54 Å². The largest absolute Gasteiger partial charge is 0.331 e. The van der Waals surface area contributed by atoms with Crippen LogP contribution in [0.25, 0.3) is 44.5 Å². The normalized spacial score (nSPS) is 18.4. The number of aromatic nitrogens is 2. The summed E-state index contributed by atoms with van der Waals surface area (Å²) in [6, 6.07) is 13.3. The van der Waals surface area contributed by atoms with Crippen LogP contribution >= 0.6 is 0 Å². The van der Waals surface area contributed by atoms with Gasteiger partial charge in [-0.15, -0.1) is 0 Å². The van der Waals surface area contributed by atoms with E-state index in [0.29, 0.717) is 0 Å². The third kappa shape index (κ3) is 3.66. The summed E-state index contributed by atoms with van der Waals surface area (Å²) in [6.45, 7) is 14.9. The summed E-state index contributed by atoms with van der Waals surface area (Å²) < 4.78 is 4.79. The Morgan fingerprint density at radius 3 is 2.51 bits per heavy atom. The quantitative estimate of drug-likeness (QED) is 0.256. The summed E-state index contributed by atoms with van der Waals surface area (Å²) >= 11 is 0. The van der Waals surface area contributed by atoms with Gasteiger partial charge in [-0.25, -0.2) is 0 Å². The second-order valence-electron chi connectivity index (χ2n) is 9.40. The Labute approximate surface area is 207 Å². The van der Waals surface area contributed by atoms with Crippen LogP contribution in [-0.2, 0) is 5.54 Å². The van der Waals surface area contributed by atoms with Crippen molar-refractivity contribution in [1.82, 2.24) is 9.13 Å². The summed E-state index contributed by atoms with van der Waals surface area (Å²) in [5, 5.41) is 3.74. The number of benzene rings is 2. The first-order valence-electron chi connectivity index (χ1n) is 12.2. The minimum Gasteiger partial charge on any atom is -0.331 e. The zero-order chi connectivity index (χ0) is 24.6. The number of nitrogens with zero attached hydrogens (tertiary/aromatic N) is 2. The molecule has 0 amide bonds. The van der Waals surface area contributed by atoms with E-state index in [1.54, 1.807) is 0 Å². The minimum atomic E-state index is -0.146. The van der Waals surface area contributed by atoms with Gasteiger partial charge in [0.15, 0.2) is 0 Å². The standard InChI is InChI=1S/C33H32N2/c1-6-8-11-16-24(3)34-30-19-13-12-17-26(30)28-23-32-27(22-31(28)34)25(4)29(18-9-7-2)35(32)33(5)20-14-10-15-21-33/h6-20,22-23H,2-3,21H2,1,4-5H3/b8-6-,16-11-,18-9-/t33-/m1/s1. The lowest BCUT2D eigenvalue weighted by Gasteiger charge is -2.31. The Morgan fingerprint density at radius 2 is 1.77 bits per heavy atom. The SMILES string of the molecule is C=C/C=C\c1c(C)c2cc3c(cc2n1[C@]1(C)C=CC=CC1)c1ccccc1n3C(=C)/C=C\C=C/C. The smallest absolute Gasteiger partial charge is 0.0643 e. The lowest BCUT2D eigenvalue weighted by molar-refractivity contribution is 0.422. The maximum atomic E-state index is 4.42. The average Bonchev–Trinajstić information content (AvgIpc) is 3.33. The Bertz CT molecular complexity index is 1620.